The van der Waals surface area contributed by atoms with Crippen molar-refractivity contribution >= 4 is 51.6 Å². The van der Waals surface area contributed by atoms with E-state index in [1.807, 2.05) is 29.0 Å². The molecule has 0 saturated carbocycles. The van der Waals surface area contributed by atoms with Crippen LogP contribution in [0, 0.1) is 0 Å². The van der Waals surface area contributed by atoms with Gasteiger partial charge in [0, 0.05) is 28.9 Å². The van der Waals surface area contributed by atoms with Gasteiger partial charge < -0.3 is 14.6 Å². The number of nitrogens with one attached hydrogen (secondary N) is 1. The van der Waals surface area contributed by atoms with Crippen LogP contribution in [0.3, 0.4) is 0 Å². The van der Waals surface area contributed by atoms with Gasteiger partial charge in [0.05, 0.1) is 12.9 Å². The summed E-state index contributed by atoms with van der Waals surface area (Å²) >= 11 is 8.58. The molecule has 0 atom stereocenters. The van der Waals surface area contributed by atoms with Crippen LogP contribution in [0.25, 0.3) is 11.1 Å². The largest absolute Gasteiger partial charge is 0.465 e. The van der Waals surface area contributed by atoms with E-state index in [-0.39, 0.29) is 11.7 Å². The molecule has 3 aromatic rings. The molecule has 31 heavy (non-hydrogen) atoms. The summed E-state index contributed by atoms with van der Waals surface area (Å²) in [4.78, 5) is 25.1. The summed E-state index contributed by atoms with van der Waals surface area (Å²) in [5.74, 6) is 0.317. The Balaban J connectivity index is 1.76. The van der Waals surface area contributed by atoms with E-state index in [0.29, 0.717) is 21.2 Å². The maximum atomic E-state index is 12.6. The second kappa shape index (κ2) is 10.8. The van der Waals surface area contributed by atoms with Crippen LogP contribution in [0.4, 0.5) is 5.00 Å². The van der Waals surface area contributed by atoms with Crippen molar-refractivity contribution in [1.29, 1.82) is 0 Å². The monoisotopic (exact) mass is 478 g/mol. The lowest BCUT2D eigenvalue weighted by Gasteiger charge is -2.09. The first-order valence-corrected chi connectivity index (χ1v) is 12.0. The summed E-state index contributed by atoms with van der Waals surface area (Å²) in [6.45, 7) is 4.92. The third kappa shape index (κ3) is 5.47. The van der Waals surface area contributed by atoms with Crippen LogP contribution < -0.4 is 5.32 Å². The van der Waals surface area contributed by atoms with Crippen LogP contribution in [0.5, 0.6) is 0 Å². The smallest absolute Gasteiger partial charge is 0.341 e. The van der Waals surface area contributed by atoms with Crippen LogP contribution in [0.15, 0.2) is 34.8 Å². The van der Waals surface area contributed by atoms with Gasteiger partial charge in [-0.15, -0.1) is 21.5 Å². The third-order valence-electron chi connectivity index (χ3n) is 4.48. The Labute approximate surface area is 194 Å². The Morgan fingerprint density at radius 1 is 1.23 bits per heavy atom. The lowest BCUT2D eigenvalue weighted by molar-refractivity contribution is -0.113. The first-order chi connectivity index (χ1) is 15.0. The van der Waals surface area contributed by atoms with Crippen molar-refractivity contribution in [1.82, 2.24) is 14.8 Å². The van der Waals surface area contributed by atoms with Gasteiger partial charge in [-0.05, 0) is 24.1 Å². The van der Waals surface area contributed by atoms with Crippen molar-refractivity contribution in [2.45, 2.75) is 38.4 Å². The van der Waals surface area contributed by atoms with Crippen molar-refractivity contribution in [3.8, 4) is 11.1 Å². The van der Waals surface area contributed by atoms with E-state index in [1.54, 1.807) is 12.1 Å². The van der Waals surface area contributed by atoms with Gasteiger partial charge in [0.25, 0.3) is 0 Å². The standard InChI is InChI=1S/C21H23ClN4O3S2/c1-4-10-26-16(5-2)24-25-21(26)31-12-17(27)23-19-18(20(28)29-3)15(11-30-19)13-6-8-14(22)9-7-13/h6-9,11H,4-5,10,12H2,1-3H3,(H,23,27). The van der Waals surface area contributed by atoms with Crippen LogP contribution >= 0.6 is 34.7 Å². The highest BCUT2D eigenvalue weighted by atomic mass is 35.5. The molecule has 3 rings (SSSR count). The molecule has 164 valence electrons. The van der Waals surface area contributed by atoms with Gasteiger partial charge in [-0.25, -0.2) is 4.79 Å². The summed E-state index contributed by atoms with van der Waals surface area (Å²) in [5.41, 5.74) is 1.83. The SMILES string of the molecule is CCCn1c(CC)nnc1SCC(=O)Nc1scc(-c2ccc(Cl)cc2)c1C(=O)OC. The molecule has 0 unspecified atom stereocenters. The molecule has 1 N–H and O–H groups in total. The number of amides is 1. The molecule has 0 saturated heterocycles. The normalized spacial score (nSPS) is 10.8. The second-order valence-corrected chi connectivity index (χ2v) is 8.85. The zero-order chi connectivity index (χ0) is 22.4. The average molecular weight is 479 g/mol. The minimum Gasteiger partial charge on any atom is -0.465 e. The molecule has 0 spiro atoms. The highest BCUT2D eigenvalue weighted by molar-refractivity contribution is 7.99. The molecule has 0 aliphatic rings. The number of hydrogen-bond donors (Lipinski definition) is 1. The van der Waals surface area contributed by atoms with Gasteiger partial charge in [0.1, 0.15) is 16.4 Å². The zero-order valence-electron chi connectivity index (χ0n) is 17.5. The second-order valence-electron chi connectivity index (χ2n) is 6.59. The van der Waals surface area contributed by atoms with E-state index < -0.39 is 5.97 Å². The summed E-state index contributed by atoms with van der Waals surface area (Å²) in [5, 5.41) is 14.8. The predicted octanol–water partition coefficient (Wildman–Crippen LogP) is 5.15. The number of aromatic nitrogens is 3. The Hall–Kier alpha value is -2.36. The van der Waals surface area contributed by atoms with E-state index in [1.165, 1.54) is 30.2 Å². The summed E-state index contributed by atoms with van der Waals surface area (Å²) in [6.07, 6.45) is 1.74. The molecular formula is C21H23ClN4O3S2. The lowest BCUT2D eigenvalue weighted by Crippen LogP contribution is -2.16. The predicted molar refractivity (Wildman–Crippen MR) is 125 cm³/mol. The fourth-order valence-corrected chi connectivity index (χ4v) is 4.91. The van der Waals surface area contributed by atoms with E-state index in [9.17, 15) is 9.59 Å². The highest BCUT2D eigenvalue weighted by Crippen LogP contribution is 2.36. The summed E-state index contributed by atoms with van der Waals surface area (Å²) < 4.78 is 7.00. The minimum absolute atomic E-state index is 0.153. The number of nitrogens with zero attached hydrogens (tertiary/aromatic N) is 3. The van der Waals surface area contributed by atoms with E-state index in [0.717, 1.165) is 35.9 Å². The number of aryl methyl sites for hydroxylation is 1. The van der Waals surface area contributed by atoms with E-state index in [2.05, 4.69) is 22.4 Å². The first-order valence-electron chi connectivity index (χ1n) is 9.78. The van der Waals surface area contributed by atoms with Crippen LogP contribution in [-0.4, -0.2) is 39.5 Å². The molecular weight excluding hydrogens is 456 g/mol. The topological polar surface area (TPSA) is 86.1 Å². The summed E-state index contributed by atoms with van der Waals surface area (Å²) in [6, 6.07) is 7.15. The average Bonchev–Trinajstić information content (AvgIpc) is 3.36. The molecule has 0 aliphatic carbocycles. The number of anilines is 1. The molecule has 0 radical (unpaired) electrons. The van der Waals surface area contributed by atoms with Gasteiger partial charge in [0.15, 0.2) is 5.16 Å². The van der Waals surface area contributed by atoms with Crippen molar-refractivity contribution in [2.75, 3.05) is 18.2 Å². The van der Waals surface area contributed by atoms with E-state index in [4.69, 9.17) is 16.3 Å². The third-order valence-corrected chi connectivity index (χ3v) is 6.59. The van der Waals surface area contributed by atoms with Crippen LogP contribution in [0.2, 0.25) is 5.02 Å². The van der Waals surface area contributed by atoms with Gasteiger partial charge in [-0.1, -0.05) is 49.3 Å². The molecule has 2 heterocycles. The number of halogens is 1. The molecule has 1 aromatic carbocycles. The van der Waals surface area contributed by atoms with Crippen LogP contribution in [-0.2, 0) is 22.5 Å². The number of ether oxygens (including phenoxy) is 1. The van der Waals surface area contributed by atoms with Crippen molar-refractivity contribution in [2.24, 2.45) is 0 Å². The number of rotatable bonds is 9. The number of hydrogen-bond acceptors (Lipinski definition) is 7. The molecule has 0 aliphatic heterocycles. The van der Waals surface area contributed by atoms with Crippen molar-refractivity contribution < 1.29 is 14.3 Å². The Kier molecular flexibility index (Phi) is 8.11. The fraction of sp³-hybridized carbons (Fsp3) is 0.333. The quantitative estimate of drug-likeness (QED) is 0.338. The van der Waals surface area contributed by atoms with E-state index >= 15 is 0 Å². The number of carbonyl (C=O) groups excluding carboxylic acids is 2. The highest BCUT2D eigenvalue weighted by Gasteiger charge is 2.23. The summed E-state index contributed by atoms with van der Waals surface area (Å²) in [7, 11) is 1.32. The van der Waals surface area contributed by atoms with Gasteiger partial charge in [0.2, 0.25) is 5.91 Å². The first kappa shape index (κ1) is 23.3. The van der Waals surface area contributed by atoms with Crippen molar-refractivity contribution in [3.63, 3.8) is 0 Å². The maximum Gasteiger partial charge on any atom is 0.341 e. The van der Waals surface area contributed by atoms with Gasteiger partial charge in [-0.2, -0.15) is 0 Å². The number of benzene rings is 1. The van der Waals surface area contributed by atoms with Gasteiger partial charge >= 0.3 is 5.97 Å². The Bertz CT molecular complexity index is 1060. The molecule has 2 aromatic heterocycles. The molecule has 10 heteroatoms. The molecule has 0 bridgehead atoms. The minimum atomic E-state index is -0.510. The number of thiophene rings is 1. The Morgan fingerprint density at radius 3 is 2.61 bits per heavy atom. The fourth-order valence-electron chi connectivity index (χ4n) is 3.02. The molecule has 0 fully saturated rings. The molecule has 1 amide bonds. The Morgan fingerprint density at radius 2 is 1.97 bits per heavy atom. The lowest BCUT2D eigenvalue weighted by atomic mass is 10.0. The zero-order valence-corrected chi connectivity index (χ0v) is 19.9. The number of thioether (sulfide) groups is 1. The number of esters is 1. The number of methoxy groups -OCH3 is 1. The van der Waals surface area contributed by atoms with Gasteiger partial charge in [-0.3, -0.25) is 4.79 Å². The molecule has 7 nitrogen and oxygen atoms in total. The van der Waals surface area contributed by atoms with Crippen LogP contribution in [0.1, 0.15) is 36.5 Å². The maximum absolute atomic E-state index is 12.6. The number of carbonyl (C=O) groups is 2. The van der Waals surface area contributed by atoms with Crippen molar-refractivity contribution in [3.05, 3.63) is 46.1 Å².